The number of rotatable bonds is 6. The molecule has 24 heavy (non-hydrogen) atoms. The minimum Gasteiger partial charge on any atom is -0.469 e. The van der Waals surface area contributed by atoms with Crippen LogP contribution in [0.25, 0.3) is 0 Å². The fourth-order valence-electron chi connectivity index (χ4n) is 2.17. The number of halogens is 2. The number of anilines is 1. The molecular weight excluding hydrogens is 346 g/mol. The van der Waals surface area contributed by atoms with Crippen LogP contribution >= 0.6 is 0 Å². The third kappa shape index (κ3) is 3.37. The summed E-state index contributed by atoms with van der Waals surface area (Å²) in [5.41, 5.74) is 0.324. The fraction of sp³-hybridized carbons (Fsp3) is 0.286. The van der Waals surface area contributed by atoms with Crippen LogP contribution in [0.5, 0.6) is 0 Å². The van der Waals surface area contributed by atoms with Crippen molar-refractivity contribution in [1.82, 2.24) is 0 Å². The minimum absolute atomic E-state index is 0.105. The molecule has 0 spiro atoms. The molecule has 2 aromatic rings. The Hall–Kier alpha value is -2.49. The Morgan fingerprint density at radius 3 is 2.50 bits per heavy atom. The number of sulfone groups is 1. The Balaban J connectivity index is 2.44. The van der Waals surface area contributed by atoms with Crippen LogP contribution in [-0.4, -0.2) is 26.1 Å². The van der Waals surface area contributed by atoms with Gasteiger partial charge in [-0.25, -0.2) is 8.42 Å². The lowest BCUT2D eigenvalue weighted by molar-refractivity contribution is -0.384. The quantitative estimate of drug-likeness (QED) is 0.580. The monoisotopic (exact) mass is 360 g/mol. The second kappa shape index (κ2) is 6.56. The molecule has 2 rings (SSSR count). The van der Waals surface area contributed by atoms with E-state index in [1.54, 1.807) is 20.0 Å². The molecule has 7 nitrogen and oxygen atoms in total. The zero-order valence-corrected chi connectivity index (χ0v) is 13.6. The van der Waals surface area contributed by atoms with E-state index >= 15 is 0 Å². The zero-order chi connectivity index (χ0) is 18.1. The van der Waals surface area contributed by atoms with Gasteiger partial charge in [-0.2, -0.15) is 8.78 Å². The molecule has 0 aliphatic carbocycles. The standard InChI is InChI=1S/C14H14F2N2O5S/c1-9-10(5-6-23-9)8-17(2)12-4-3-11(7-13(12)18(19)20)24(21,22)14(15)16/h3-7,14H,8H2,1-2H3. The number of nitrogens with zero attached hydrogens (tertiary/aromatic N) is 2. The summed E-state index contributed by atoms with van der Waals surface area (Å²) < 4.78 is 53.3. The molecule has 0 aliphatic heterocycles. The SMILES string of the molecule is Cc1occc1CN(C)c1ccc(S(=O)(=O)C(F)F)cc1[N+](=O)[O-]. The number of hydrogen-bond acceptors (Lipinski definition) is 6. The highest BCUT2D eigenvalue weighted by Crippen LogP contribution is 2.32. The van der Waals surface area contributed by atoms with Gasteiger partial charge in [-0.15, -0.1) is 0 Å². The number of alkyl halides is 2. The van der Waals surface area contributed by atoms with Crippen LogP contribution < -0.4 is 4.90 Å². The van der Waals surface area contributed by atoms with Gasteiger partial charge in [0, 0.05) is 25.2 Å². The van der Waals surface area contributed by atoms with Gasteiger partial charge in [-0.3, -0.25) is 10.1 Å². The van der Waals surface area contributed by atoms with Gasteiger partial charge in [0.25, 0.3) is 5.69 Å². The summed E-state index contributed by atoms with van der Waals surface area (Å²) in [4.78, 5) is 11.1. The summed E-state index contributed by atoms with van der Waals surface area (Å²) in [5, 5.41) is 11.2. The van der Waals surface area contributed by atoms with Crippen LogP contribution in [0.15, 0.2) is 39.8 Å². The lowest BCUT2D eigenvalue weighted by Crippen LogP contribution is -2.18. The van der Waals surface area contributed by atoms with Crippen molar-refractivity contribution < 1.29 is 26.5 Å². The van der Waals surface area contributed by atoms with Gasteiger partial charge >= 0.3 is 5.76 Å². The summed E-state index contributed by atoms with van der Waals surface area (Å²) in [6.45, 7) is 2.00. The predicted octanol–water partition coefficient (Wildman–Crippen LogP) is 3.13. The first-order valence-corrected chi connectivity index (χ1v) is 8.24. The molecule has 0 atom stereocenters. The Bertz CT molecular complexity index is 864. The van der Waals surface area contributed by atoms with Crippen molar-refractivity contribution in [2.24, 2.45) is 0 Å². The van der Waals surface area contributed by atoms with E-state index in [4.69, 9.17) is 4.42 Å². The van der Waals surface area contributed by atoms with Crippen molar-refractivity contribution in [2.75, 3.05) is 11.9 Å². The van der Waals surface area contributed by atoms with E-state index in [9.17, 15) is 27.3 Å². The predicted molar refractivity (Wildman–Crippen MR) is 81.8 cm³/mol. The lowest BCUT2D eigenvalue weighted by Gasteiger charge is -2.19. The van der Waals surface area contributed by atoms with Gasteiger partial charge in [0.1, 0.15) is 11.4 Å². The molecular formula is C14H14F2N2O5S. The summed E-state index contributed by atoms with van der Waals surface area (Å²) in [6.07, 6.45) is 1.48. The van der Waals surface area contributed by atoms with E-state index in [0.29, 0.717) is 11.8 Å². The molecule has 0 fully saturated rings. The molecule has 0 radical (unpaired) electrons. The maximum atomic E-state index is 12.6. The number of nitro benzene ring substituents is 1. The Kier molecular flexibility index (Phi) is 4.88. The largest absolute Gasteiger partial charge is 0.469 e. The average Bonchev–Trinajstić information content (AvgIpc) is 2.91. The summed E-state index contributed by atoms with van der Waals surface area (Å²) in [7, 11) is -3.34. The van der Waals surface area contributed by atoms with Crippen molar-refractivity contribution in [2.45, 2.75) is 24.1 Å². The van der Waals surface area contributed by atoms with Crippen LogP contribution in [0.2, 0.25) is 0 Å². The number of furan rings is 1. The first kappa shape index (κ1) is 17.9. The van der Waals surface area contributed by atoms with Gasteiger partial charge in [0.15, 0.2) is 0 Å². The van der Waals surface area contributed by atoms with Crippen LogP contribution in [0.4, 0.5) is 20.2 Å². The maximum absolute atomic E-state index is 12.6. The molecule has 0 N–H and O–H groups in total. The Morgan fingerprint density at radius 2 is 2.00 bits per heavy atom. The first-order valence-electron chi connectivity index (χ1n) is 6.69. The molecule has 10 heteroatoms. The second-order valence-corrected chi connectivity index (χ2v) is 6.99. The van der Waals surface area contributed by atoms with E-state index in [1.807, 2.05) is 0 Å². The first-order chi connectivity index (χ1) is 11.1. The van der Waals surface area contributed by atoms with Crippen molar-refractivity contribution in [1.29, 1.82) is 0 Å². The van der Waals surface area contributed by atoms with Crippen LogP contribution in [0.1, 0.15) is 11.3 Å². The number of aryl methyl sites for hydroxylation is 1. The molecule has 0 aliphatic rings. The van der Waals surface area contributed by atoms with Crippen LogP contribution in [-0.2, 0) is 16.4 Å². The number of benzene rings is 1. The minimum atomic E-state index is -4.90. The highest BCUT2D eigenvalue weighted by atomic mass is 32.2. The van der Waals surface area contributed by atoms with Crippen molar-refractivity contribution in [3.8, 4) is 0 Å². The molecule has 0 amide bonds. The maximum Gasteiger partial charge on any atom is 0.341 e. The summed E-state index contributed by atoms with van der Waals surface area (Å²) in [5.74, 6) is -3.00. The molecule has 1 aromatic heterocycles. The molecule has 0 saturated heterocycles. The Morgan fingerprint density at radius 1 is 1.33 bits per heavy atom. The smallest absolute Gasteiger partial charge is 0.341 e. The molecule has 130 valence electrons. The average molecular weight is 360 g/mol. The number of hydrogen-bond donors (Lipinski definition) is 0. The fourth-order valence-corrected chi connectivity index (χ4v) is 2.91. The van der Waals surface area contributed by atoms with Gasteiger partial charge in [0.2, 0.25) is 9.84 Å². The van der Waals surface area contributed by atoms with E-state index in [-0.39, 0.29) is 12.2 Å². The molecule has 0 unspecified atom stereocenters. The van der Waals surface area contributed by atoms with Gasteiger partial charge in [-0.1, -0.05) is 0 Å². The zero-order valence-electron chi connectivity index (χ0n) is 12.8. The highest BCUT2D eigenvalue weighted by Gasteiger charge is 2.30. The lowest BCUT2D eigenvalue weighted by atomic mass is 10.2. The van der Waals surface area contributed by atoms with Gasteiger partial charge in [0.05, 0.1) is 16.1 Å². The third-order valence-corrected chi connectivity index (χ3v) is 4.87. The third-order valence-electron chi connectivity index (χ3n) is 3.49. The summed E-state index contributed by atoms with van der Waals surface area (Å²) >= 11 is 0. The van der Waals surface area contributed by atoms with Crippen molar-refractivity contribution >= 4 is 21.2 Å². The van der Waals surface area contributed by atoms with E-state index in [0.717, 1.165) is 17.7 Å². The van der Waals surface area contributed by atoms with E-state index < -0.39 is 31.1 Å². The Labute approximate surface area is 136 Å². The molecule has 0 saturated carbocycles. The van der Waals surface area contributed by atoms with E-state index in [1.165, 1.54) is 11.2 Å². The molecule has 1 aromatic carbocycles. The second-order valence-electron chi connectivity index (χ2n) is 5.07. The molecule has 0 bridgehead atoms. The highest BCUT2D eigenvalue weighted by molar-refractivity contribution is 7.91. The van der Waals surface area contributed by atoms with Gasteiger partial charge in [-0.05, 0) is 25.1 Å². The van der Waals surface area contributed by atoms with E-state index in [2.05, 4.69) is 0 Å². The topological polar surface area (TPSA) is 93.7 Å². The van der Waals surface area contributed by atoms with Crippen molar-refractivity contribution in [3.63, 3.8) is 0 Å². The van der Waals surface area contributed by atoms with Crippen molar-refractivity contribution in [3.05, 3.63) is 52.0 Å². The number of nitro groups is 1. The van der Waals surface area contributed by atoms with Crippen LogP contribution in [0, 0.1) is 17.0 Å². The summed E-state index contributed by atoms with van der Waals surface area (Å²) in [6, 6.07) is 4.42. The van der Waals surface area contributed by atoms with Crippen LogP contribution in [0.3, 0.4) is 0 Å². The van der Waals surface area contributed by atoms with Gasteiger partial charge < -0.3 is 9.32 Å². The normalized spacial score (nSPS) is 11.7. The molecule has 1 heterocycles.